The van der Waals surface area contributed by atoms with Gasteiger partial charge in [0.05, 0.1) is 14.2 Å². The molecule has 2 aliphatic rings. The van der Waals surface area contributed by atoms with Crippen LogP contribution in [0.15, 0.2) is 23.8 Å². The van der Waals surface area contributed by atoms with Crippen LogP contribution in [-0.4, -0.2) is 31.9 Å². The van der Waals surface area contributed by atoms with Crippen molar-refractivity contribution in [3.8, 4) is 11.5 Å². The molecule has 0 unspecified atom stereocenters. The van der Waals surface area contributed by atoms with Crippen LogP contribution in [0.1, 0.15) is 37.7 Å². The fourth-order valence-electron chi connectivity index (χ4n) is 3.07. The average molecular weight is 332 g/mol. The Morgan fingerprint density at radius 1 is 0.958 bits per heavy atom. The third kappa shape index (κ3) is 3.09. The van der Waals surface area contributed by atoms with Crippen molar-refractivity contribution in [1.29, 1.82) is 0 Å². The number of carbonyl (C=O) groups is 2. The molecule has 1 aromatic carbocycles. The van der Waals surface area contributed by atoms with E-state index >= 15 is 0 Å². The molecule has 1 aliphatic heterocycles. The van der Waals surface area contributed by atoms with Crippen LogP contribution in [0.3, 0.4) is 0 Å². The molecule has 3 rings (SSSR count). The maximum Gasteiger partial charge on any atom is 0.348 e. The highest BCUT2D eigenvalue weighted by Crippen LogP contribution is 2.37. The van der Waals surface area contributed by atoms with Gasteiger partial charge in [-0.05, 0) is 36.6 Å². The molecule has 1 saturated carbocycles. The van der Waals surface area contributed by atoms with Gasteiger partial charge in [-0.25, -0.2) is 9.59 Å². The maximum absolute atomic E-state index is 12.3. The number of hydrogen-bond donors (Lipinski definition) is 0. The summed E-state index contributed by atoms with van der Waals surface area (Å²) in [5.74, 6) is -1.27. The average Bonchev–Trinajstić information content (AvgIpc) is 2.58. The van der Waals surface area contributed by atoms with Gasteiger partial charge in [0, 0.05) is 12.8 Å². The Kier molecular flexibility index (Phi) is 4.46. The van der Waals surface area contributed by atoms with Gasteiger partial charge in [-0.3, -0.25) is 0 Å². The first-order valence-corrected chi connectivity index (χ1v) is 7.97. The highest BCUT2D eigenvalue weighted by atomic mass is 16.7. The van der Waals surface area contributed by atoms with E-state index in [0.29, 0.717) is 29.9 Å². The molecule has 1 saturated heterocycles. The zero-order valence-corrected chi connectivity index (χ0v) is 13.8. The van der Waals surface area contributed by atoms with E-state index < -0.39 is 17.7 Å². The molecule has 0 amide bonds. The van der Waals surface area contributed by atoms with Gasteiger partial charge in [0.25, 0.3) is 5.79 Å². The zero-order chi connectivity index (χ0) is 17.2. The van der Waals surface area contributed by atoms with Crippen molar-refractivity contribution in [3.63, 3.8) is 0 Å². The lowest BCUT2D eigenvalue weighted by molar-refractivity contribution is -0.244. The van der Waals surface area contributed by atoms with Crippen molar-refractivity contribution in [2.45, 2.75) is 37.9 Å². The molecule has 0 radical (unpaired) electrons. The molecule has 128 valence electrons. The molecule has 0 bridgehead atoms. The second kappa shape index (κ2) is 6.55. The Morgan fingerprint density at radius 3 is 2.17 bits per heavy atom. The Morgan fingerprint density at radius 2 is 1.58 bits per heavy atom. The predicted octanol–water partition coefficient (Wildman–Crippen LogP) is 2.85. The number of esters is 2. The van der Waals surface area contributed by atoms with Crippen molar-refractivity contribution < 1.29 is 28.5 Å². The summed E-state index contributed by atoms with van der Waals surface area (Å²) in [5, 5.41) is 0. The molecule has 0 N–H and O–H groups in total. The van der Waals surface area contributed by atoms with E-state index in [1.165, 1.54) is 20.3 Å². The highest BCUT2D eigenvalue weighted by molar-refractivity contribution is 6.18. The second-order valence-corrected chi connectivity index (χ2v) is 5.92. The van der Waals surface area contributed by atoms with Crippen LogP contribution >= 0.6 is 0 Å². The van der Waals surface area contributed by atoms with Gasteiger partial charge < -0.3 is 18.9 Å². The molecule has 1 aliphatic carbocycles. The quantitative estimate of drug-likeness (QED) is 0.481. The van der Waals surface area contributed by atoms with Crippen molar-refractivity contribution in [3.05, 3.63) is 29.3 Å². The summed E-state index contributed by atoms with van der Waals surface area (Å²) in [4.78, 5) is 24.6. The molecule has 1 aromatic rings. The van der Waals surface area contributed by atoms with E-state index in [0.717, 1.165) is 19.3 Å². The van der Waals surface area contributed by atoms with E-state index in [4.69, 9.17) is 18.9 Å². The smallest absolute Gasteiger partial charge is 0.348 e. The Bertz CT molecular complexity index is 663. The summed E-state index contributed by atoms with van der Waals surface area (Å²) >= 11 is 0. The van der Waals surface area contributed by atoms with Crippen molar-refractivity contribution in [1.82, 2.24) is 0 Å². The van der Waals surface area contributed by atoms with Crippen LogP contribution in [0.4, 0.5) is 0 Å². The summed E-state index contributed by atoms with van der Waals surface area (Å²) in [6.07, 6.45) is 5.40. The number of methoxy groups -OCH3 is 2. The van der Waals surface area contributed by atoms with Crippen LogP contribution in [0.2, 0.25) is 0 Å². The minimum Gasteiger partial charge on any atom is -0.493 e. The van der Waals surface area contributed by atoms with E-state index in [-0.39, 0.29) is 5.57 Å². The van der Waals surface area contributed by atoms with Crippen LogP contribution in [0, 0.1) is 0 Å². The molecular weight excluding hydrogens is 312 g/mol. The van der Waals surface area contributed by atoms with Crippen LogP contribution in [-0.2, 0) is 19.1 Å². The summed E-state index contributed by atoms with van der Waals surface area (Å²) < 4.78 is 21.3. The summed E-state index contributed by atoms with van der Waals surface area (Å²) in [5.41, 5.74) is 0.509. The molecule has 6 nitrogen and oxygen atoms in total. The van der Waals surface area contributed by atoms with E-state index in [1.54, 1.807) is 18.2 Å². The molecule has 6 heteroatoms. The van der Waals surface area contributed by atoms with Gasteiger partial charge in [-0.2, -0.15) is 0 Å². The minimum absolute atomic E-state index is 0.113. The van der Waals surface area contributed by atoms with Gasteiger partial charge in [-0.1, -0.05) is 12.5 Å². The molecule has 1 heterocycles. The first kappa shape index (κ1) is 16.4. The van der Waals surface area contributed by atoms with Gasteiger partial charge in [0.15, 0.2) is 11.5 Å². The molecule has 1 spiro atoms. The lowest BCUT2D eigenvalue weighted by atomic mass is 9.93. The number of ether oxygens (including phenoxy) is 4. The molecule has 0 aromatic heterocycles. The monoisotopic (exact) mass is 332 g/mol. The van der Waals surface area contributed by atoms with Crippen LogP contribution in [0.25, 0.3) is 6.08 Å². The molecule has 2 fully saturated rings. The van der Waals surface area contributed by atoms with Gasteiger partial charge >= 0.3 is 11.9 Å². The summed E-state index contributed by atoms with van der Waals surface area (Å²) in [7, 11) is 3.06. The van der Waals surface area contributed by atoms with E-state index in [9.17, 15) is 9.59 Å². The normalized spacial score (nSPS) is 19.5. The summed E-state index contributed by atoms with van der Waals surface area (Å²) in [6.45, 7) is 0. The number of hydrogen-bond acceptors (Lipinski definition) is 6. The number of benzene rings is 1. The molecule has 0 atom stereocenters. The minimum atomic E-state index is -1.07. The molecule has 24 heavy (non-hydrogen) atoms. The van der Waals surface area contributed by atoms with E-state index in [1.807, 2.05) is 0 Å². The third-order valence-corrected chi connectivity index (χ3v) is 4.33. The SMILES string of the molecule is COc1ccc(C=C2C(=O)OC3(CCCCC3)OC2=O)cc1OC. The van der Waals surface area contributed by atoms with Gasteiger partial charge in [0.1, 0.15) is 5.57 Å². The third-order valence-electron chi connectivity index (χ3n) is 4.33. The lowest BCUT2D eigenvalue weighted by Gasteiger charge is -2.38. The Labute approximate surface area is 140 Å². The van der Waals surface area contributed by atoms with Crippen LogP contribution in [0.5, 0.6) is 11.5 Å². The fourth-order valence-corrected chi connectivity index (χ4v) is 3.07. The van der Waals surface area contributed by atoms with Gasteiger partial charge in [-0.15, -0.1) is 0 Å². The van der Waals surface area contributed by atoms with Crippen LogP contribution < -0.4 is 9.47 Å². The standard InChI is InChI=1S/C18H20O6/c1-21-14-7-6-12(11-15(14)22-2)10-13-16(19)23-18(24-17(13)20)8-4-3-5-9-18/h6-7,10-11H,3-5,8-9H2,1-2H3. The highest BCUT2D eigenvalue weighted by Gasteiger charge is 2.46. The summed E-state index contributed by atoms with van der Waals surface area (Å²) in [6, 6.07) is 5.10. The fraction of sp³-hybridized carbons (Fsp3) is 0.444. The Hall–Kier alpha value is -2.50. The lowest BCUT2D eigenvalue weighted by Crippen LogP contribution is -2.47. The predicted molar refractivity (Wildman–Crippen MR) is 85.5 cm³/mol. The van der Waals surface area contributed by atoms with E-state index in [2.05, 4.69) is 0 Å². The zero-order valence-electron chi connectivity index (χ0n) is 13.8. The first-order chi connectivity index (χ1) is 11.6. The van der Waals surface area contributed by atoms with Crippen molar-refractivity contribution in [2.75, 3.05) is 14.2 Å². The second-order valence-electron chi connectivity index (χ2n) is 5.92. The topological polar surface area (TPSA) is 71.1 Å². The number of rotatable bonds is 3. The first-order valence-electron chi connectivity index (χ1n) is 7.97. The molecular formula is C18H20O6. The van der Waals surface area contributed by atoms with Crippen molar-refractivity contribution in [2.24, 2.45) is 0 Å². The van der Waals surface area contributed by atoms with Crippen molar-refractivity contribution >= 4 is 18.0 Å². The Balaban J connectivity index is 1.85. The maximum atomic E-state index is 12.3. The van der Waals surface area contributed by atoms with Gasteiger partial charge in [0.2, 0.25) is 0 Å². The largest absolute Gasteiger partial charge is 0.493 e. The number of carbonyl (C=O) groups excluding carboxylic acids is 2.